The van der Waals surface area contributed by atoms with Crippen molar-refractivity contribution in [2.75, 3.05) is 54.9 Å². The number of thiazole rings is 1. The summed E-state index contributed by atoms with van der Waals surface area (Å²) in [5.74, 6) is 0.768. The Morgan fingerprint density at radius 1 is 1.10 bits per heavy atom. The molecule has 2 aromatic heterocycles. The fourth-order valence-corrected chi connectivity index (χ4v) is 6.23. The summed E-state index contributed by atoms with van der Waals surface area (Å²) in [5.41, 5.74) is 10.7. The van der Waals surface area contributed by atoms with Crippen LogP contribution < -0.4 is 16.0 Å². The molecule has 1 aliphatic rings. The molecule has 1 aliphatic heterocycles. The Balaban J connectivity index is 1.32. The van der Waals surface area contributed by atoms with Crippen LogP contribution in [0.15, 0.2) is 54.7 Å². The molecule has 3 heterocycles. The zero-order chi connectivity index (χ0) is 28.1. The van der Waals surface area contributed by atoms with Crippen LogP contribution in [0.2, 0.25) is 0 Å². The van der Waals surface area contributed by atoms with E-state index >= 15 is 4.39 Å². The molecule has 0 amide bonds. The molecule has 0 saturated carbocycles. The van der Waals surface area contributed by atoms with Gasteiger partial charge in [0.25, 0.3) is 0 Å². The van der Waals surface area contributed by atoms with Gasteiger partial charge in [-0.15, -0.1) is 11.3 Å². The van der Waals surface area contributed by atoms with Gasteiger partial charge in [-0.25, -0.2) is 15.0 Å². The number of nitrogens with two attached hydrogens (primary N) is 1. The number of nitrogens with zero attached hydrogens (tertiary/aromatic N) is 5. The summed E-state index contributed by atoms with van der Waals surface area (Å²) in [6.07, 6.45) is 4.25. The minimum atomic E-state index is -0.798. The van der Waals surface area contributed by atoms with Gasteiger partial charge in [0.15, 0.2) is 0 Å². The number of hydrogen-bond donors (Lipinski definition) is 2. The largest absolute Gasteiger partial charge is 0.212 e. The zero-order valence-electron chi connectivity index (χ0n) is 22.8. The van der Waals surface area contributed by atoms with Crippen LogP contribution in [0.3, 0.4) is 0 Å². The molecule has 0 radical (unpaired) electrons. The van der Waals surface area contributed by atoms with Crippen LogP contribution in [-0.4, -0.2) is 64.6 Å². The Labute approximate surface area is 240 Å². The number of benzene rings is 2. The molecular weight excluding hydrogens is 545 g/mol. The average Bonchev–Trinajstić information content (AvgIpc) is 3.42. The summed E-state index contributed by atoms with van der Waals surface area (Å²) in [4.78, 5) is 19.3. The molecule has 0 bridgehead atoms. The topological polar surface area (TPSA) is 103 Å². The van der Waals surface area contributed by atoms with Crippen LogP contribution in [0.25, 0.3) is 21.8 Å². The number of piperazine rings is 1. The standard InChI is InChI=1S/C29H34FN7OS2/c1-3-26-35-27(21-6-4-5-20(17-21)19-31)28(39-26)24-9-10-32-29(34-24)33-22-7-8-25(23(30)18-22)37-13-11-36(12-14-37)15-16-40(2)38/h4-10,17-18H,3,11-16,19,31H2,1-2H3,(H,32,33,34). The van der Waals surface area contributed by atoms with Gasteiger partial charge in [-0.3, -0.25) is 0 Å². The molecule has 4 aromatic rings. The first kappa shape index (κ1) is 28.4. The van der Waals surface area contributed by atoms with Gasteiger partial charge in [0.2, 0.25) is 5.95 Å². The summed E-state index contributed by atoms with van der Waals surface area (Å²) in [7, 11) is -0.798. The third-order valence-corrected chi connectivity index (χ3v) is 8.89. The third-order valence-electron chi connectivity index (χ3n) is 6.91. The minimum absolute atomic E-state index is 0.290. The van der Waals surface area contributed by atoms with E-state index in [4.69, 9.17) is 15.7 Å². The van der Waals surface area contributed by atoms with Gasteiger partial charge in [0, 0.05) is 18.3 Å². The fraction of sp³-hybridized carbons (Fsp3) is 0.345. The molecular formula is C29H34FN7OS2. The predicted molar refractivity (Wildman–Crippen MR) is 163 cm³/mol. The Kier molecular flexibility index (Phi) is 9.28. The number of nitrogens with one attached hydrogen (secondary N) is 1. The molecule has 210 valence electrons. The molecule has 11 heteroatoms. The van der Waals surface area contributed by atoms with Crippen molar-refractivity contribution in [2.45, 2.75) is 19.9 Å². The Morgan fingerprint density at radius 2 is 1.93 bits per heavy atom. The summed E-state index contributed by atoms with van der Waals surface area (Å²) in [5, 5.41) is 4.19. The van der Waals surface area contributed by atoms with Crippen molar-refractivity contribution in [1.29, 1.82) is 0 Å². The molecule has 5 rings (SSSR count). The summed E-state index contributed by atoms with van der Waals surface area (Å²) < 4.78 is 26.6. The summed E-state index contributed by atoms with van der Waals surface area (Å²) >= 11 is 1.62. The van der Waals surface area contributed by atoms with Gasteiger partial charge in [-0.1, -0.05) is 25.1 Å². The Bertz CT molecular complexity index is 1540. The normalized spacial score (nSPS) is 14.2. The van der Waals surface area contributed by atoms with Gasteiger partial charge >= 0.3 is 114 Å². The van der Waals surface area contributed by atoms with Crippen molar-refractivity contribution in [1.82, 2.24) is 19.9 Å². The molecule has 3 N–H and O–H groups in total. The molecule has 2 aromatic carbocycles. The van der Waals surface area contributed by atoms with E-state index in [1.807, 2.05) is 30.3 Å². The van der Waals surface area contributed by atoms with Gasteiger partial charge in [-0.05, 0) is 24.1 Å². The molecule has 0 spiro atoms. The molecule has 1 saturated heterocycles. The molecule has 0 atom stereocenters. The number of halogens is 1. The van der Waals surface area contributed by atoms with Crippen LogP contribution in [0.5, 0.6) is 0 Å². The first-order chi connectivity index (χ1) is 19.4. The van der Waals surface area contributed by atoms with Crippen LogP contribution in [0.1, 0.15) is 17.5 Å². The Morgan fingerprint density at radius 3 is 2.65 bits per heavy atom. The predicted octanol–water partition coefficient (Wildman–Crippen LogP) is 4.89. The molecule has 0 unspecified atom stereocenters. The van der Waals surface area contributed by atoms with Gasteiger partial charge in [-0.2, -0.15) is 0 Å². The monoisotopic (exact) mass is 579 g/mol. The van der Waals surface area contributed by atoms with E-state index < -0.39 is 10.6 Å². The summed E-state index contributed by atoms with van der Waals surface area (Å²) in [6, 6.07) is 15.1. The maximum atomic E-state index is 15.2. The first-order valence-corrected chi connectivity index (χ1v) is 15.9. The van der Waals surface area contributed by atoms with Gasteiger partial charge < -0.3 is 5.73 Å². The van der Waals surface area contributed by atoms with Crippen LogP contribution in [0, 0.1) is 5.82 Å². The second-order valence-corrected chi connectivity index (χ2v) is 12.3. The van der Waals surface area contributed by atoms with E-state index in [2.05, 4.69) is 33.1 Å². The van der Waals surface area contributed by atoms with Gasteiger partial charge in [0.1, 0.15) is 0 Å². The van der Waals surface area contributed by atoms with Crippen LogP contribution in [0.4, 0.5) is 21.7 Å². The van der Waals surface area contributed by atoms with Crippen molar-refractivity contribution >= 4 is 39.3 Å². The maximum absolute atomic E-state index is 15.2. The van der Waals surface area contributed by atoms with E-state index in [-0.39, 0.29) is 5.82 Å². The SMILES string of the molecule is CCc1nc(-c2cccc(CN)c2)c(-c2ccnc(Nc3ccc(N4CCN(CC[S-](C)#[O+])CC4)c(F)c3)n2)s1. The second-order valence-electron chi connectivity index (χ2n) is 9.71. The van der Waals surface area contributed by atoms with Crippen molar-refractivity contribution < 1.29 is 8.43 Å². The zero-order valence-corrected chi connectivity index (χ0v) is 24.4. The second kappa shape index (κ2) is 13.0. The van der Waals surface area contributed by atoms with Crippen molar-refractivity contribution in [3.63, 3.8) is 0 Å². The molecule has 0 aliphatic carbocycles. The van der Waals surface area contributed by atoms with Crippen molar-refractivity contribution in [3.8, 4) is 21.8 Å². The number of hydrogen-bond acceptors (Lipinski definition) is 9. The Hall–Kier alpha value is -3.09. The number of aromatic nitrogens is 3. The first-order valence-electron chi connectivity index (χ1n) is 13.4. The van der Waals surface area contributed by atoms with E-state index in [1.54, 1.807) is 29.9 Å². The molecule has 1 fully saturated rings. The number of aryl methyl sites for hydroxylation is 1. The van der Waals surface area contributed by atoms with E-state index in [9.17, 15) is 4.04 Å². The third kappa shape index (κ3) is 6.79. The quantitative estimate of drug-likeness (QED) is 0.215. The molecule has 40 heavy (non-hydrogen) atoms. The van der Waals surface area contributed by atoms with E-state index in [1.165, 1.54) is 6.07 Å². The smallest absolute Gasteiger partial charge is 0.116 e. The van der Waals surface area contributed by atoms with E-state index in [0.717, 1.165) is 71.5 Å². The van der Waals surface area contributed by atoms with Crippen molar-refractivity contribution in [3.05, 3.63) is 71.1 Å². The number of rotatable bonds is 9. The van der Waals surface area contributed by atoms with Crippen LogP contribution >= 0.6 is 11.3 Å². The number of anilines is 3. The van der Waals surface area contributed by atoms with Crippen LogP contribution in [-0.2, 0) is 27.7 Å². The van der Waals surface area contributed by atoms with Gasteiger partial charge in [0.05, 0.1) is 21.3 Å². The van der Waals surface area contributed by atoms with E-state index in [0.29, 0.717) is 29.6 Å². The maximum Gasteiger partial charge on any atom is -0.116 e. The average molecular weight is 580 g/mol. The van der Waals surface area contributed by atoms with Crippen molar-refractivity contribution in [2.24, 2.45) is 5.73 Å². The fourth-order valence-electron chi connectivity index (χ4n) is 4.72. The molecule has 8 nitrogen and oxygen atoms in total. The summed E-state index contributed by atoms with van der Waals surface area (Å²) in [6.45, 7) is 6.48. The minimum Gasteiger partial charge on any atom is -0.212 e.